The molecule has 0 aliphatic carbocycles. The van der Waals surface area contributed by atoms with Gasteiger partial charge in [-0.2, -0.15) is 0 Å². The van der Waals surface area contributed by atoms with E-state index >= 15 is 0 Å². The third kappa shape index (κ3) is 2.68. The second-order valence-electron chi connectivity index (χ2n) is 6.49. The maximum Gasteiger partial charge on any atom is 0.143 e. The van der Waals surface area contributed by atoms with Gasteiger partial charge in [0.15, 0.2) is 0 Å². The van der Waals surface area contributed by atoms with Crippen LogP contribution in [0.5, 0.6) is 0 Å². The summed E-state index contributed by atoms with van der Waals surface area (Å²) >= 11 is 6.17. The lowest BCUT2D eigenvalue weighted by atomic mass is 10.1. The van der Waals surface area contributed by atoms with Crippen molar-refractivity contribution < 1.29 is 0 Å². The molecule has 1 aliphatic rings. The van der Waals surface area contributed by atoms with Gasteiger partial charge in [0.25, 0.3) is 0 Å². The molecule has 25 heavy (non-hydrogen) atoms. The topological polar surface area (TPSA) is 73.8 Å². The molecular weight excluding hydrogens is 338 g/mol. The minimum atomic E-state index is 0.280. The number of aryl methyl sites for hydroxylation is 1. The predicted octanol–water partition coefficient (Wildman–Crippen LogP) is 2.73. The molecule has 4 heterocycles. The summed E-state index contributed by atoms with van der Waals surface area (Å²) in [6, 6.07) is 0.280. The van der Waals surface area contributed by atoms with Gasteiger partial charge in [0.2, 0.25) is 0 Å². The van der Waals surface area contributed by atoms with Crippen molar-refractivity contribution in [3.8, 4) is 0 Å². The first-order valence-electron chi connectivity index (χ1n) is 8.33. The second-order valence-corrected chi connectivity index (χ2v) is 6.85. The van der Waals surface area contributed by atoms with Crippen molar-refractivity contribution in [2.24, 2.45) is 0 Å². The molecule has 1 aliphatic heterocycles. The summed E-state index contributed by atoms with van der Waals surface area (Å²) in [5.41, 5.74) is 2.98. The van der Waals surface area contributed by atoms with Crippen molar-refractivity contribution in [2.45, 2.75) is 26.8 Å². The molecule has 3 aromatic heterocycles. The van der Waals surface area contributed by atoms with E-state index in [1.165, 1.54) is 11.9 Å². The highest BCUT2D eigenvalue weighted by molar-refractivity contribution is 6.30. The van der Waals surface area contributed by atoms with Crippen LogP contribution in [0.2, 0.25) is 5.15 Å². The van der Waals surface area contributed by atoms with Crippen LogP contribution in [-0.4, -0.2) is 50.6 Å². The molecule has 0 aromatic carbocycles. The van der Waals surface area contributed by atoms with E-state index in [0.717, 1.165) is 47.9 Å². The zero-order valence-electron chi connectivity index (χ0n) is 14.5. The summed E-state index contributed by atoms with van der Waals surface area (Å²) in [5.74, 6) is 1.91. The highest BCUT2D eigenvalue weighted by atomic mass is 35.5. The quantitative estimate of drug-likeness (QED) is 0.711. The third-order valence-corrected chi connectivity index (χ3v) is 5.22. The molecule has 130 valence electrons. The summed E-state index contributed by atoms with van der Waals surface area (Å²) in [4.78, 5) is 25.2. The van der Waals surface area contributed by atoms with Crippen molar-refractivity contribution in [1.82, 2.24) is 24.9 Å². The van der Waals surface area contributed by atoms with E-state index in [1.54, 1.807) is 6.33 Å². The minimum Gasteiger partial charge on any atom is -0.352 e. The van der Waals surface area contributed by atoms with Crippen LogP contribution >= 0.6 is 11.6 Å². The summed E-state index contributed by atoms with van der Waals surface area (Å²) in [6.07, 6.45) is 5.13. The molecule has 0 saturated carbocycles. The van der Waals surface area contributed by atoms with E-state index < -0.39 is 0 Å². The summed E-state index contributed by atoms with van der Waals surface area (Å²) in [5, 5.41) is 1.62. The fraction of sp³-hybridized carbons (Fsp3) is 0.412. The molecule has 0 amide bonds. The number of rotatable bonds is 2. The number of hydrogen-bond donors (Lipinski definition) is 1. The lowest BCUT2D eigenvalue weighted by molar-refractivity contribution is 0.542. The van der Waals surface area contributed by atoms with Gasteiger partial charge in [-0.05, 0) is 26.3 Å². The highest BCUT2D eigenvalue weighted by Crippen LogP contribution is 2.30. The number of fused-ring (bicyclic) bond motifs is 1. The van der Waals surface area contributed by atoms with E-state index in [2.05, 4.69) is 48.6 Å². The summed E-state index contributed by atoms with van der Waals surface area (Å²) in [6.45, 7) is 8.82. The number of nitrogens with zero attached hydrogens (tertiary/aromatic N) is 6. The molecule has 1 fully saturated rings. The molecule has 4 rings (SSSR count). The number of anilines is 2. The third-order valence-electron chi connectivity index (χ3n) is 4.84. The van der Waals surface area contributed by atoms with E-state index in [-0.39, 0.29) is 6.04 Å². The minimum absolute atomic E-state index is 0.280. The van der Waals surface area contributed by atoms with E-state index in [4.69, 9.17) is 11.6 Å². The standard InChI is InChI=1S/C17H20ClN7/c1-10-6-19-15-13(10)17(23-9-21-15)24-4-5-25(11(2)7-24)16-12(3)14(18)20-8-22-16/h6,8-9,11H,4-5,7H2,1-3H3,(H,19,21,23)/t11-/m0/s1. The Balaban J connectivity index is 1.63. The van der Waals surface area contributed by atoms with Crippen LogP contribution < -0.4 is 9.80 Å². The molecule has 1 N–H and O–H groups in total. The Hall–Kier alpha value is -2.41. The monoisotopic (exact) mass is 357 g/mol. The molecular formula is C17H20ClN7. The smallest absolute Gasteiger partial charge is 0.143 e. The largest absolute Gasteiger partial charge is 0.352 e. The number of H-pyrrole nitrogens is 1. The van der Waals surface area contributed by atoms with Gasteiger partial charge in [0, 0.05) is 37.4 Å². The van der Waals surface area contributed by atoms with Crippen molar-refractivity contribution in [3.05, 3.63) is 35.1 Å². The van der Waals surface area contributed by atoms with Gasteiger partial charge in [0.05, 0.1) is 5.39 Å². The average Bonchev–Trinajstić information content (AvgIpc) is 2.99. The second kappa shape index (κ2) is 6.15. The number of nitrogens with one attached hydrogen (secondary N) is 1. The van der Waals surface area contributed by atoms with Crippen LogP contribution in [0, 0.1) is 13.8 Å². The van der Waals surface area contributed by atoms with Gasteiger partial charge < -0.3 is 14.8 Å². The molecule has 0 unspecified atom stereocenters. The SMILES string of the molecule is Cc1c(Cl)ncnc1N1CCN(c2ncnc3[nH]cc(C)c23)C[C@@H]1C. The van der Waals surface area contributed by atoms with Gasteiger partial charge in [-0.1, -0.05) is 11.6 Å². The molecule has 7 nitrogen and oxygen atoms in total. The van der Waals surface area contributed by atoms with Crippen LogP contribution in [0.4, 0.5) is 11.6 Å². The van der Waals surface area contributed by atoms with Gasteiger partial charge in [-0.25, -0.2) is 19.9 Å². The number of aromatic nitrogens is 5. The molecule has 0 spiro atoms. The van der Waals surface area contributed by atoms with Crippen molar-refractivity contribution in [1.29, 1.82) is 0 Å². The van der Waals surface area contributed by atoms with E-state index in [9.17, 15) is 0 Å². The molecule has 0 radical (unpaired) electrons. The van der Waals surface area contributed by atoms with E-state index in [1.807, 2.05) is 13.1 Å². The van der Waals surface area contributed by atoms with Crippen LogP contribution in [-0.2, 0) is 0 Å². The Labute approximate surface area is 151 Å². The average molecular weight is 358 g/mol. The summed E-state index contributed by atoms with van der Waals surface area (Å²) in [7, 11) is 0. The van der Waals surface area contributed by atoms with Crippen molar-refractivity contribution in [2.75, 3.05) is 29.4 Å². The van der Waals surface area contributed by atoms with Gasteiger partial charge in [0.1, 0.15) is 35.1 Å². The first kappa shape index (κ1) is 16.1. The Bertz CT molecular complexity index is 923. The normalized spacial score (nSPS) is 18.2. The Morgan fingerprint density at radius 2 is 1.84 bits per heavy atom. The lowest BCUT2D eigenvalue weighted by Crippen LogP contribution is -2.53. The highest BCUT2D eigenvalue weighted by Gasteiger charge is 2.28. The molecule has 8 heteroatoms. The first-order valence-corrected chi connectivity index (χ1v) is 8.71. The molecule has 1 atom stereocenters. The molecule has 1 saturated heterocycles. The fourth-order valence-electron chi connectivity index (χ4n) is 3.51. The Morgan fingerprint density at radius 1 is 1.08 bits per heavy atom. The molecule has 3 aromatic rings. The van der Waals surface area contributed by atoms with Gasteiger partial charge >= 0.3 is 0 Å². The fourth-order valence-corrected chi connectivity index (χ4v) is 3.64. The Morgan fingerprint density at radius 3 is 2.64 bits per heavy atom. The maximum absolute atomic E-state index is 6.17. The van der Waals surface area contributed by atoms with Crippen molar-refractivity contribution >= 4 is 34.3 Å². The van der Waals surface area contributed by atoms with Crippen molar-refractivity contribution in [3.63, 3.8) is 0 Å². The van der Waals surface area contributed by atoms with Crippen LogP contribution in [0.1, 0.15) is 18.1 Å². The molecule has 0 bridgehead atoms. The van der Waals surface area contributed by atoms with Crippen LogP contribution in [0.15, 0.2) is 18.9 Å². The zero-order valence-corrected chi connectivity index (χ0v) is 15.2. The van der Waals surface area contributed by atoms with Gasteiger partial charge in [-0.15, -0.1) is 0 Å². The Kier molecular flexibility index (Phi) is 3.95. The van der Waals surface area contributed by atoms with E-state index in [0.29, 0.717) is 5.15 Å². The van der Waals surface area contributed by atoms with Gasteiger partial charge in [-0.3, -0.25) is 0 Å². The van der Waals surface area contributed by atoms with Crippen LogP contribution in [0.3, 0.4) is 0 Å². The number of hydrogen-bond acceptors (Lipinski definition) is 6. The first-order chi connectivity index (χ1) is 12.1. The zero-order chi connectivity index (χ0) is 17.6. The number of aromatic amines is 1. The number of halogens is 1. The summed E-state index contributed by atoms with van der Waals surface area (Å²) < 4.78 is 0. The maximum atomic E-state index is 6.17. The predicted molar refractivity (Wildman–Crippen MR) is 99.4 cm³/mol. The number of piperazine rings is 1. The van der Waals surface area contributed by atoms with Crippen LogP contribution in [0.25, 0.3) is 11.0 Å². The lowest BCUT2D eigenvalue weighted by Gasteiger charge is -2.41.